The summed E-state index contributed by atoms with van der Waals surface area (Å²) in [5.74, 6) is 6.21. The first-order chi connectivity index (χ1) is 15.5. The van der Waals surface area contributed by atoms with Crippen LogP contribution in [0.2, 0.25) is 0 Å². The molecule has 0 N–H and O–H groups in total. The lowest BCUT2D eigenvalue weighted by Gasteiger charge is -2.60. The Labute approximate surface area is 213 Å². The van der Waals surface area contributed by atoms with Crippen molar-refractivity contribution in [2.75, 3.05) is 0 Å². The summed E-state index contributed by atoms with van der Waals surface area (Å²) in [6.45, 7) is 9.09. The van der Waals surface area contributed by atoms with E-state index in [9.17, 15) is 0 Å². The maximum atomic E-state index is 7.62. The van der Waals surface area contributed by atoms with E-state index in [0.29, 0.717) is 10.8 Å². The van der Waals surface area contributed by atoms with E-state index in [1.807, 2.05) is 0 Å². The third-order valence-corrected chi connectivity index (χ3v) is 12.9. The Bertz CT molecular complexity index is 626. The molecule has 0 saturated heterocycles. The van der Waals surface area contributed by atoms with E-state index in [1.54, 1.807) is 0 Å². The van der Waals surface area contributed by atoms with E-state index in [-0.39, 0.29) is 11.8 Å². The van der Waals surface area contributed by atoms with Crippen molar-refractivity contribution in [1.29, 1.82) is 0 Å². The van der Waals surface area contributed by atoms with Crippen LogP contribution in [0.4, 0.5) is 0 Å². The lowest BCUT2D eigenvalue weighted by molar-refractivity contribution is -0.176. The van der Waals surface area contributed by atoms with E-state index in [2.05, 4.69) is 27.7 Å². The fraction of sp³-hybridized carbons (Fsp3) is 1.00. The zero-order chi connectivity index (χ0) is 23.2. The van der Waals surface area contributed by atoms with E-state index in [4.69, 9.17) is 27.9 Å². The molecule has 8 rings (SSSR count). The number of halogens is 2. The Morgan fingerprint density at radius 2 is 0.818 bits per heavy atom. The largest absolute Gasteiger partial charge is 0.338 e. The predicted octanol–water partition coefficient (Wildman–Crippen LogP) is 9.40. The molecule has 0 heterocycles. The summed E-state index contributed by atoms with van der Waals surface area (Å²) in [5, 5.41) is -1.31. The molecule has 2 unspecified atom stereocenters. The van der Waals surface area contributed by atoms with E-state index >= 15 is 0 Å². The fourth-order valence-corrected chi connectivity index (χ4v) is 11.9. The molecule has 0 aromatic rings. The zero-order valence-electron chi connectivity index (χ0n) is 21.7. The van der Waals surface area contributed by atoms with Crippen LogP contribution < -0.4 is 0 Å². The van der Waals surface area contributed by atoms with Gasteiger partial charge in [0, 0.05) is 0 Å². The summed E-state index contributed by atoms with van der Waals surface area (Å²) < 4.78 is 7.16. The highest BCUT2D eigenvalue weighted by atomic mass is 35.5. The van der Waals surface area contributed by atoms with Crippen LogP contribution in [0.5, 0.6) is 0 Å². The highest BCUT2D eigenvalue weighted by Crippen LogP contribution is 2.66. The first kappa shape index (κ1) is 23.9. The van der Waals surface area contributed by atoms with Gasteiger partial charge in [-0.25, -0.2) is 0 Å². The van der Waals surface area contributed by atoms with Gasteiger partial charge in [-0.15, -0.1) is 0 Å². The maximum Gasteiger partial charge on any atom is 0.146 e. The van der Waals surface area contributed by atoms with Gasteiger partial charge in [0.15, 0.2) is 0 Å². The van der Waals surface area contributed by atoms with Crippen molar-refractivity contribution in [2.24, 2.45) is 58.2 Å². The summed E-state index contributed by atoms with van der Waals surface area (Å²) in [5.41, 5.74) is 0.798. The molecule has 0 amide bonds. The standard InChI is InChI=1S/C30H48Cl2O/c1-19(2)29(31,17-27-11-21-5-22(12-27)7-23(6-21)13-27)33-30(32,20(3)4)18-28-14-24-8-25(15-28)10-26(9-24)16-28/h19-26H,5-18H2,1-4H3. The van der Waals surface area contributed by atoms with Crippen molar-refractivity contribution in [3.63, 3.8) is 0 Å². The van der Waals surface area contributed by atoms with Crippen LogP contribution >= 0.6 is 23.2 Å². The van der Waals surface area contributed by atoms with E-state index in [0.717, 1.165) is 48.3 Å². The third kappa shape index (κ3) is 4.25. The first-order valence-electron chi connectivity index (χ1n) is 14.6. The molecule has 33 heavy (non-hydrogen) atoms. The molecule has 0 aromatic heterocycles. The quantitative estimate of drug-likeness (QED) is 0.305. The zero-order valence-corrected chi connectivity index (χ0v) is 23.2. The molecule has 8 aliphatic rings. The van der Waals surface area contributed by atoms with Gasteiger partial charge in [-0.2, -0.15) is 0 Å². The van der Waals surface area contributed by atoms with Crippen molar-refractivity contribution in [3.8, 4) is 0 Å². The van der Waals surface area contributed by atoms with Gasteiger partial charge in [0.05, 0.1) is 0 Å². The molecule has 188 valence electrons. The van der Waals surface area contributed by atoms with Crippen molar-refractivity contribution < 1.29 is 4.74 Å². The second kappa shape index (κ2) is 8.02. The van der Waals surface area contributed by atoms with Gasteiger partial charge in [0.1, 0.15) is 10.1 Å². The molecular formula is C30H48Cl2O. The van der Waals surface area contributed by atoms with Gasteiger partial charge < -0.3 is 4.74 Å². The van der Waals surface area contributed by atoms with Crippen LogP contribution in [-0.2, 0) is 4.74 Å². The fourth-order valence-electron chi connectivity index (χ4n) is 11.0. The van der Waals surface area contributed by atoms with Crippen LogP contribution in [0, 0.1) is 58.2 Å². The third-order valence-electron chi connectivity index (χ3n) is 11.6. The monoisotopic (exact) mass is 494 g/mol. The van der Waals surface area contributed by atoms with Crippen molar-refractivity contribution in [1.82, 2.24) is 0 Å². The van der Waals surface area contributed by atoms with Crippen molar-refractivity contribution >= 4 is 23.2 Å². The van der Waals surface area contributed by atoms with Crippen LogP contribution in [-0.4, -0.2) is 10.1 Å². The minimum atomic E-state index is -0.653. The van der Waals surface area contributed by atoms with Crippen LogP contribution in [0.15, 0.2) is 0 Å². The lowest BCUT2D eigenvalue weighted by Crippen LogP contribution is -2.55. The second-order valence-corrected chi connectivity index (χ2v) is 16.5. The molecule has 8 saturated carbocycles. The highest BCUT2D eigenvalue weighted by Gasteiger charge is 2.58. The summed E-state index contributed by atoms with van der Waals surface area (Å²) in [4.78, 5) is 0. The summed E-state index contributed by atoms with van der Waals surface area (Å²) in [7, 11) is 0. The molecule has 8 fully saturated rings. The average molecular weight is 496 g/mol. The van der Waals surface area contributed by atoms with Crippen molar-refractivity contribution in [2.45, 2.75) is 128 Å². The molecule has 0 spiro atoms. The predicted molar refractivity (Wildman–Crippen MR) is 138 cm³/mol. The maximum absolute atomic E-state index is 7.62. The minimum Gasteiger partial charge on any atom is -0.338 e. The number of hydrogen-bond acceptors (Lipinski definition) is 1. The highest BCUT2D eigenvalue weighted by molar-refractivity contribution is 6.25. The summed E-state index contributed by atoms with van der Waals surface area (Å²) >= 11 is 15.2. The normalized spacial score (nSPS) is 49.1. The second-order valence-electron chi connectivity index (χ2n) is 15.2. The Morgan fingerprint density at radius 3 is 1.03 bits per heavy atom. The number of alkyl halides is 2. The SMILES string of the molecule is CC(C)C(Cl)(CC12CC3CC(CC(C3)C1)C2)OC(Cl)(CC12CC3CC(CC(C3)C1)C2)C(C)C. The minimum absolute atomic E-state index is 0.264. The Hall–Kier alpha value is 0.540. The van der Waals surface area contributed by atoms with Gasteiger partial charge in [0.2, 0.25) is 0 Å². The molecule has 3 heteroatoms. The first-order valence-corrected chi connectivity index (χ1v) is 15.3. The molecule has 0 radical (unpaired) electrons. The number of rotatable bonds is 8. The van der Waals surface area contributed by atoms with Gasteiger partial charge in [-0.1, -0.05) is 50.9 Å². The molecule has 2 atom stereocenters. The molecule has 0 aliphatic heterocycles. The molecule has 8 aliphatic carbocycles. The van der Waals surface area contributed by atoms with E-state index < -0.39 is 10.1 Å². The smallest absolute Gasteiger partial charge is 0.146 e. The summed E-state index contributed by atoms with van der Waals surface area (Å²) in [6.07, 6.45) is 19.2. The Morgan fingerprint density at radius 1 is 0.576 bits per heavy atom. The number of ether oxygens (including phenoxy) is 1. The van der Waals surface area contributed by atoms with Crippen LogP contribution in [0.3, 0.4) is 0 Å². The molecular weight excluding hydrogens is 447 g/mol. The van der Waals surface area contributed by atoms with Crippen LogP contribution in [0.1, 0.15) is 118 Å². The topological polar surface area (TPSA) is 9.23 Å². The number of hydrogen-bond donors (Lipinski definition) is 0. The molecule has 8 bridgehead atoms. The average Bonchev–Trinajstić information content (AvgIpc) is 2.64. The van der Waals surface area contributed by atoms with Crippen molar-refractivity contribution in [3.05, 3.63) is 0 Å². The van der Waals surface area contributed by atoms with Gasteiger partial charge >= 0.3 is 0 Å². The van der Waals surface area contributed by atoms with Gasteiger partial charge in [-0.05, 0) is 148 Å². The van der Waals surface area contributed by atoms with E-state index in [1.165, 1.54) is 77.0 Å². The van der Waals surface area contributed by atoms with Crippen LogP contribution in [0.25, 0.3) is 0 Å². The summed E-state index contributed by atoms with van der Waals surface area (Å²) in [6, 6.07) is 0. The molecule has 0 aromatic carbocycles. The molecule has 1 nitrogen and oxygen atoms in total. The van der Waals surface area contributed by atoms with Gasteiger partial charge in [0.25, 0.3) is 0 Å². The Balaban J connectivity index is 1.24. The Kier molecular flexibility index (Phi) is 5.81. The lowest BCUT2D eigenvalue weighted by atomic mass is 9.48. The van der Waals surface area contributed by atoms with Gasteiger partial charge in [-0.3, -0.25) is 0 Å².